The van der Waals surface area contributed by atoms with Crippen LogP contribution in [0.25, 0.3) is 0 Å². The smallest absolute Gasteiger partial charge is 0.315 e. The average molecular weight is 300 g/mol. The van der Waals surface area contributed by atoms with Gasteiger partial charge in [0.05, 0.1) is 4.92 Å². The number of benzene rings is 1. The highest BCUT2D eigenvalue weighted by molar-refractivity contribution is 6.43. The van der Waals surface area contributed by atoms with Gasteiger partial charge in [0.15, 0.2) is 0 Å². The number of carbonyl (C=O) groups is 2. The summed E-state index contributed by atoms with van der Waals surface area (Å²) in [5.41, 5.74) is 0.897. The summed E-state index contributed by atoms with van der Waals surface area (Å²) in [6.07, 6.45) is 1.50. The fourth-order valence-electron chi connectivity index (χ4n) is 1.64. The Bertz CT molecular complexity index is 728. The molecule has 0 saturated carbocycles. The normalized spacial score (nSPS) is 9.86. The Morgan fingerprint density at radius 1 is 1.09 bits per heavy atom. The summed E-state index contributed by atoms with van der Waals surface area (Å²) in [6, 6.07) is 8.61. The summed E-state index contributed by atoms with van der Waals surface area (Å²) >= 11 is 0. The van der Waals surface area contributed by atoms with Gasteiger partial charge in [-0.25, -0.2) is 4.98 Å². The Morgan fingerprint density at radius 3 is 2.32 bits per heavy atom. The van der Waals surface area contributed by atoms with E-state index >= 15 is 0 Å². The van der Waals surface area contributed by atoms with E-state index in [9.17, 15) is 19.7 Å². The summed E-state index contributed by atoms with van der Waals surface area (Å²) < 4.78 is 0. The molecule has 0 aliphatic carbocycles. The number of anilines is 2. The predicted molar refractivity (Wildman–Crippen MR) is 79.3 cm³/mol. The van der Waals surface area contributed by atoms with Gasteiger partial charge in [-0.3, -0.25) is 19.7 Å². The summed E-state index contributed by atoms with van der Waals surface area (Å²) in [6.45, 7) is 1.75. The number of nitrogens with one attached hydrogen (secondary N) is 2. The first-order valence-corrected chi connectivity index (χ1v) is 6.26. The number of amides is 2. The predicted octanol–water partition coefficient (Wildman–Crippen LogP) is 1.88. The molecule has 8 nitrogen and oxygen atoms in total. The first-order chi connectivity index (χ1) is 10.5. The van der Waals surface area contributed by atoms with Crippen LogP contribution in [0.1, 0.15) is 5.56 Å². The number of rotatable bonds is 3. The number of hydrogen-bond acceptors (Lipinski definition) is 5. The van der Waals surface area contributed by atoms with E-state index in [-0.39, 0.29) is 11.4 Å². The van der Waals surface area contributed by atoms with Crippen molar-refractivity contribution < 1.29 is 14.5 Å². The lowest BCUT2D eigenvalue weighted by Crippen LogP contribution is -2.29. The molecule has 0 spiro atoms. The fraction of sp³-hybridized carbons (Fsp3) is 0.0714. The standard InChI is InChI=1S/C14H12N4O4/c1-9-3-2-8-15-12(9)17-14(20)13(19)16-10-4-6-11(7-5-10)18(21)22/h2-8H,1H3,(H,16,19)(H,15,17,20). The van der Waals surface area contributed by atoms with Crippen LogP contribution in [-0.4, -0.2) is 21.7 Å². The lowest BCUT2D eigenvalue weighted by molar-refractivity contribution is -0.384. The molecular formula is C14H12N4O4. The fourth-order valence-corrected chi connectivity index (χ4v) is 1.64. The number of pyridine rings is 1. The van der Waals surface area contributed by atoms with Gasteiger partial charge in [-0.2, -0.15) is 0 Å². The van der Waals surface area contributed by atoms with Crippen molar-refractivity contribution in [2.24, 2.45) is 0 Å². The summed E-state index contributed by atoms with van der Waals surface area (Å²) in [7, 11) is 0. The number of non-ortho nitro benzene ring substituents is 1. The van der Waals surface area contributed by atoms with Crippen LogP contribution in [0.2, 0.25) is 0 Å². The van der Waals surface area contributed by atoms with Crippen LogP contribution in [-0.2, 0) is 9.59 Å². The maximum atomic E-state index is 11.8. The van der Waals surface area contributed by atoms with Crippen LogP contribution in [0.15, 0.2) is 42.6 Å². The molecule has 1 aromatic carbocycles. The van der Waals surface area contributed by atoms with Crippen molar-refractivity contribution in [2.45, 2.75) is 6.92 Å². The highest BCUT2D eigenvalue weighted by Gasteiger charge is 2.16. The molecule has 1 aromatic heterocycles. The molecule has 1 heterocycles. The zero-order valence-corrected chi connectivity index (χ0v) is 11.6. The molecule has 22 heavy (non-hydrogen) atoms. The van der Waals surface area contributed by atoms with Gasteiger partial charge in [0.1, 0.15) is 5.82 Å². The molecule has 0 atom stereocenters. The second-order valence-corrected chi connectivity index (χ2v) is 4.38. The van der Waals surface area contributed by atoms with Crippen LogP contribution >= 0.6 is 0 Å². The van der Waals surface area contributed by atoms with Crippen LogP contribution < -0.4 is 10.6 Å². The van der Waals surface area contributed by atoms with Crippen LogP contribution in [0.4, 0.5) is 17.2 Å². The maximum Gasteiger partial charge on any atom is 0.315 e. The molecule has 0 radical (unpaired) electrons. The number of carbonyl (C=O) groups excluding carboxylic acids is 2. The third-order valence-corrected chi connectivity index (χ3v) is 2.78. The molecule has 0 aliphatic heterocycles. The highest BCUT2D eigenvalue weighted by Crippen LogP contribution is 2.15. The third kappa shape index (κ3) is 3.63. The largest absolute Gasteiger partial charge is 0.318 e. The number of nitro groups is 1. The second-order valence-electron chi connectivity index (χ2n) is 4.38. The molecule has 2 N–H and O–H groups in total. The summed E-state index contributed by atoms with van der Waals surface area (Å²) in [4.78, 5) is 37.5. The second kappa shape index (κ2) is 6.44. The Hall–Kier alpha value is -3.29. The van der Waals surface area contributed by atoms with Crippen molar-refractivity contribution in [2.75, 3.05) is 10.6 Å². The van der Waals surface area contributed by atoms with Crippen molar-refractivity contribution in [1.82, 2.24) is 4.98 Å². The molecule has 0 saturated heterocycles. The zero-order valence-electron chi connectivity index (χ0n) is 11.6. The summed E-state index contributed by atoms with van der Waals surface area (Å²) in [5.74, 6) is -1.47. The van der Waals surface area contributed by atoms with Crippen LogP contribution in [0.5, 0.6) is 0 Å². The maximum absolute atomic E-state index is 11.8. The van der Waals surface area contributed by atoms with Crippen LogP contribution in [0.3, 0.4) is 0 Å². The van der Waals surface area contributed by atoms with Gasteiger partial charge in [0.25, 0.3) is 5.69 Å². The molecule has 8 heteroatoms. The molecule has 2 amide bonds. The van der Waals surface area contributed by atoms with Crippen LogP contribution in [0, 0.1) is 17.0 Å². The van der Waals surface area contributed by atoms with E-state index in [4.69, 9.17) is 0 Å². The zero-order chi connectivity index (χ0) is 16.1. The Labute approximate surface area is 125 Å². The molecule has 0 fully saturated rings. The Kier molecular flexibility index (Phi) is 4.42. The van der Waals surface area contributed by atoms with Gasteiger partial charge in [-0.05, 0) is 30.7 Å². The van der Waals surface area contributed by atoms with Crippen molar-refractivity contribution >= 4 is 29.0 Å². The molecule has 2 rings (SSSR count). The van der Waals surface area contributed by atoms with Gasteiger partial charge in [0.2, 0.25) is 0 Å². The molecule has 2 aromatic rings. The van der Waals surface area contributed by atoms with E-state index in [0.29, 0.717) is 5.82 Å². The van der Waals surface area contributed by atoms with Gasteiger partial charge in [-0.1, -0.05) is 6.07 Å². The monoisotopic (exact) mass is 300 g/mol. The van der Waals surface area contributed by atoms with Crippen molar-refractivity contribution in [1.29, 1.82) is 0 Å². The van der Waals surface area contributed by atoms with Gasteiger partial charge in [0, 0.05) is 24.0 Å². The average Bonchev–Trinajstić information content (AvgIpc) is 2.50. The number of nitro benzene ring substituents is 1. The molecule has 0 aliphatic rings. The van der Waals surface area contributed by atoms with Gasteiger partial charge >= 0.3 is 11.8 Å². The van der Waals surface area contributed by atoms with E-state index in [2.05, 4.69) is 15.6 Å². The minimum absolute atomic E-state index is 0.105. The van der Waals surface area contributed by atoms with E-state index in [0.717, 1.165) is 5.56 Å². The molecule has 112 valence electrons. The first kappa shape index (κ1) is 15.1. The SMILES string of the molecule is Cc1cccnc1NC(=O)C(=O)Nc1ccc([N+](=O)[O-])cc1. The molecular weight excluding hydrogens is 288 g/mol. The summed E-state index contributed by atoms with van der Waals surface area (Å²) in [5, 5.41) is 15.3. The minimum atomic E-state index is -0.890. The van der Waals surface area contributed by atoms with E-state index < -0.39 is 16.7 Å². The van der Waals surface area contributed by atoms with Crippen molar-refractivity contribution in [3.8, 4) is 0 Å². The lowest BCUT2D eigenvalue weighted by Gasteiger charge is -2.07. The molecule has 0 unspecified atom stereocenters. The number of aryl methyl sites for hydroxylation is 1. The Morgan fingerprint density at radius 2 is 1.73 bits per heavy atom. The number of aromatic nitrogens is 1. The molecule has 0 bridgehead atoms. The van der Waals surface area contributed by atoms with Crippen molar-refractivity contribution in [3.63, 3.8) is 0 Å². The third-order valence-electron chi connectivity index (χ3n) is 2.78. The van der Waals surface area contributed by atoms with E-state index in [1.54, 1.807) is 19.1 Å². The van der Waals surface area contributed by atoms with Crippen molar-refractivity contribution in [3.05, 3.63) is 58.3 Å². The number of nitrogens with zero attached hydrogens (tertiary/aromatic N) is 2. The first-order valence-electron chi connectivity index (χ1n) is 6.26. The topological polar surface area (TPSA) is 114 Å². The van der Waals surface area contributed by atoms with Gasteiger partial charge in [-0.15, -0.1) is 0 Å². The quantitative estimate of drug-likeness (QED) is 0.510. The minimum Gasteiger partial charge on any atom is -0.318 e. The lowest BCUT2D eigenvalue weighted by atomic mass is 10.2. The van der Waals surface area contributed by atoms with E-state index in [1.165, 1.54) is 30.5 Å². The number of hydrogen-bond donors (Lipinski definition) is 2. The van der Waals surface area contributed by atoms with E-state index in [1.807, 2.05) is 0 Å². The van der Waals surface area contributed by atoms with Gasteiger partial charge < -0.3 is 10.6 Å². The Balaban J connectivity index is 2.01. The highest BCUT2D eigenvalue weighted by atomic mass is 16.6.